The Labute approximate surface area is 158 Å². The summed E-state index contributed by atoms with van der Waals surface area (Å²) in [6.45, 7) is 9.18. The first-order valence-corrected chi connectivity index (χ1v) is 13.1. The van der Waals surface area contributed by atoms with Gasteiger partial charge in [0.25, 0.3) is 0 Å². The Morgan fingerprint density at radius 2 is 1.85 bits per heavy atom. The molecule has 2 aromatic carbocycles. The number of hydrogen-bond donors (Lipinski definition) is 1. The SMILES string of the molecule is COc1cccc(C(C)(O)C2=Cc3ccccc3C(C[Si](C)(C)C)C2)c1. The van der Waals surface area contributed by atoms with Crippen molar-refractivity contribution in [3.63, 3.8) is 0 Å². The summed E-state index contributed by atoms with van der Waals surface area (Å²) in [6.07, 6.45) is 3.10. The van der Waals surface area contributed by atoms with Gasteiger partial charge in [-0.15, -0.1) is 0 Å². The van der Waals surface area contributed by atoms with Crippen LogP contribution in [0.2, 0.25) is 25.7 Å². The van der Waals surface area contributed by atoms with Gasteiger partial charge in [0.05, 0.1) is 7.11 Å². The summed E-state index contributed by atoms with van der Waals surface area (Å²) in [4.78, 5) is 0. The molecule has 0 saturated heterocycles. The lowest BCUT2D eigenvalue weighted by Gasteiger charge is -2.36. The number of methoxy groups -OCH3 is 1. The maximum Gasteiger partial charge on any atom is 0.119 e. The highest BCUT2D eigenvalue weighted by Crippen LogP contribution is 2.45. The summed E-state index contributed by atoms with van der Waals surface area (Å²) in [5.41, 5.74) is 3.65. The van der Waals surface area contributed by atoms with Crippen LogP contribution >= 0.6 is 0 Å². The first kappa shape index (κ1) is 18.9. The molecule has 0 fully saturated rings. The quantitative estimate of drug-likeness (QED) is 0.676. The zero-order valence-corrected chi connectivity index (χ0v) is 17.5. The second-order valence-electron chi connectivity index (χ2n) is 8.77. The Morgan fingerprint density at radius 1 is 1.12 bits per heavy atom. The van der Waals surface area contributed by atoms with Crippen molar-refractivity contribution in [3.05, 3.63) is 70.8 Å². The van der Waals surface area contributed by atoms with Crippen molar-refractivity contribution < 1.29 is 9.84 Å². The van der Waals surface area contributed by atoms with Gasteiger partial charge >= 0.3 is 0 Å². The molecule has 2 atom stereocenters. The second-order valence-corrected chi connectivity index (χ2v) is 14.3. The van der Waals surface area contributed by atoms with Gasteiger partial charge in [0, 0.05) is 8.07 Å². The third-order valence-corrected chi connectivity index (χ3v) is 7.07. The van der Waals surface area contributed by atoms with Gasteiger partial charge in [-0.1, -0.05) is 68.2 Å². The van der Waals surface area contributed by atoms with Crippen molar-refractivity contribution in [1.29, 1.82) is 0 Å². The summed E-state index contributed by atoms with van der Waals surface area (Å²) < 4.78 is 5.36. The van der Waals surface area contributed by atoms with E-state index >= 15 is 0 Å². The first-order chi connectivity index (χ1) is 12.2. The van der Waals surface area contributed by atoms with Crippen LogP contribution in [0.3, 0.4) is 0 Å². The molecule has 0 heterocycles. The van der Waals surface area contributed by atoms with Gasteiger partial charge in [0.2, 0.25) is 0 Å². The highest BCUT2D eigenvalue weighted by Gasteiger charge is 2.35. The van der Waals surface area contributed by atoms with E-state index in [0.29, 0.717) is 5.92 Å². The molecule has 2 aromatic rings. The third kappa shape index (κ3) is 3.94. The van der Waals surface area contributed by atoms with Crippen LogP contribution in [0.25, 0.3) is 6.08 Å². The van der Waals surface area contributed by atoms with Crippen molar-refractivity contribution in [2.24, 2.45) is 0 Å². The molecule has 0 aliphatic heterocycles. The van der Waals surface area contributed by atoms with Crippen LogP contribution in [0.4, 0.5) is 0 Å². The van der Waals surface area contributed by atoms with E-state index in [0.717, 1.165) is 23.3 Å². The van der Waals surface area contributed by atoms with E-state index < -0.39 is 13.7 Å². The van der Waals surface area contributed by atoms with Crippen molar-refractivity contribution in [2.75, 3.05) is 7.11 Å². The number of hydrogen-bond acceptors (Lipinski definition) is 2. The van der Waals surface area contributed by atoms with Gasteiger partial charge in [-0.25, -0.2) is 0 Å². The minimum absolute atomic E-state index is 0.481. The lowest BCUT2D eigenvalue weighted by atomic mass is 9.76. The molecule has 3 rings (SSSR count). The molecule has 1 aliphatic carbocycles. The maximum atomic E-state index is 11.5. The summed E-state index contributed by atoms with van der Waals surface area (Å²) in [5.74, 6) is 1.26. The maximum absolute atomic E-state index is 11.5. The van der Waals surface area contributed by atoms with E-state index in [4.69, 9.17) is 4.74 Å². The van der Waals surface area contributed by atoms with Crippen LogP contribution in [0, 0.1) is 0 Å². The van der Waals surface area contributed by atoms with Gasteiger partial charge in [0.15, 0.2) is 0 Å². The minimum Gasteiger partial charge on any atom is -0.497 e. The Hall–Kier alpha value is -1.84. The van der Waals surface area contributed by atoms with Crippen molar-refractivity contribution in [1.82, 2.24) is 0 Å². The van der Waals surface area contributed by atoms with Crippen LogP contribution in [0.1, 0.15) is 36.0 Å². The van der Waals surface area contributed by atoms with Gasteiger partial charge < -0.3 is 9.84 Å². The monoisotopic (exact) mass is 366 g/mol. The molecule has 2 nitrogen and oxygen atoms in total. The molecule has 1 N–H and O–H groups in total. The molecule has 0 radical (unpaired) electrons. The van der Waals surface area contributed by atoms with Gasteiger partial charge in [-0.3, -0.25) is 0 Å². The van der Waals surface area contributed by atoms with E-state index in [1.807, 2.05) is 31.2 Å². The fourth-order valence-corrected chi connectivity index (χ4v) is 5.85. The number of benzene rings is 2. The summed E-state index contributed by atoms with van der Waals surface area (Å²) >= 11 is 0. The van der Waals surface area contributed by atoms with Crippen molar-refractivity contribution >= 4 is 14.1 Å². The predicted molar refractivity (Wildman–Crippen MR) is 112 cm³/mol. The molecule has 1 aliphatic rings. The Morgan fingerprint density at radius 3 is 2.54 bits per heavy atom. The second kappa shape index (κ2) is 7.05. The minimum atomic E-state index is -1.22. The van der Waals surface area contributed by atoms with Gasteiger partial charge in [-0.2, -0.15) is 0 Å². The third-order valence-electron chi connectivity index (χ3n) is 5.35. The number of aliphatic hydroxyl groups is 1. The molecule has 0 aromatic heterocycles. The lowest BCUT2D eigenvalue weighted by molar-refractivity contribution is 0.0931. The Balaban J connectivity index is 2.02. The van der Waals surface area contributed by atoms with E-state index in [9.17, 15) is 5.11 Å². The van der Waals surface area contributed by atoms with Crippen LogP contribution in [0.15, 0.2) is 54.1 Å². The van der Waals surface area contributed by atoms with E-state index in [2.05, 4.69) is 50.0 Å². The summed E-state index contributed by atoms with van der Waals surface area (Å²) in [5, 5.41) is 11.5. The van der Waals surface area contributed by atoms with Crippen LogP contribution < -0.4 is 4.74 Å². The van der Waals surface area contributed by atoms with Crippen LogP contribution in [0.5, 0.6) is 5.75 Å². The number of rotatable bonds is 5. The molecule has 0 bridgehead atoms. The Bertz CT molecular complexity index is 815. The van der Waals surface area contributed by atoms with Gasteiger partial charge in [0.1, 0.15) is 11.4 Å². The standard InChI is InChI=1S/C23H30O2Si/c1-23(24,19-10-8-11-21(15-19)25-2)20-13-17-9-6-7-12-22(17)18(14-20)16-26(3,4)5/h6-13,15,18,24H,14,16H2,1-5H3. The van der Waals surface area contributed by atoms with Crippen LogP contribution in [-0.4, -0.2) is 20.3 Å². The zero-order valence-electron chi connectivity index (χ0n) is 16.5. The molecule has 26 heavy (non-hydrogen) atoms. The van der Waals surface area contributed by atoms with Gasteiger partial charge in [-0.05, 0) is 53.7 Å². The molecule has 2 unspecified atom stereocenters. The predicted octanol–water partition coefficient (Wildman–Crippen LogP) is 5.81. The normalized spacial score (nSPS) is 19.3. The summed E-state index contributed by atoms with van der Waals surface area (Å²) in [7, 11) is 0.436. The van der Waals surface area contributed by atoms with Crippen molar-refractivity contribution in [2.45, 2.75) is 50.5 Å². The van der Waals surface area contributed by atoms with E-state index in [1.165, 1.54) is 17.2 Å². The zero-order chi connectivity index (χ0) is 18.9. The molecular weight excluding hydrogens is 336 g/mol. The smallest absolute Gasteiger partial charge is 0.119 e. The van der Waals surface area contributed by atoms with E-state index in [-0.39, 0.29) is 0 Å². The fraction of sp³-hybridized carbons (Fsp3) is 0.391. The first-order valence-electron chi connectivity index (χ1n) is 9.37. The highest BCUT2D eigenvalue weighted by molar-refractivity contribution is 6.76. The molecule has 0 saturated carbocycles. The highest BCUT2D eigenvalue weighted by atomic mass is 28.3. The largest absolute Gasteiger partial charge is 0.497 e. The average Bonchev–Trinajstić information content (AvgIpc) is 2.60. The molecular formula is C23H30O2Si. The number of fused-ring (bicyclic) bond motifs is 1. The van der Waals surface area contributed by atoms with Crippen molar-refractivity contribution in [3.8, 4) is 5.75 Å². The molecule has 0 amide bonds. The number of ether oxygens (including phenoxy) is 1. The molecule has 3 heteroatoms. The molecule has 0 spiro atoms. The lowest BCUT2D eigenvalue weighted by Crippen LogP contribution is -2.30. The van der Waals surface area contributed by atoms with Crippen LogP contribution in [-0.2, 0) is 5.60 Å². The van der Waals surface area contributed by atoms with E-state index in [1.54, 1.807) is 7.11 Å². The Kier molecular flexibility index (Phi) is 5.13. The summed E-state index contributed by atoms with van der Waals surface area (Å²) in [6, 6.07) is 17.7. The average molecular weight is 367 g/mol. The topological polar surface area (TPSA) is 29.5 Å². The fourth-order valence-electron chi connectivity index (χ4n) is 4.01. The molecule has 138 valence electrons.